The number of nitrogens with zero attached hydrogens (tertiary/aromatic N) is 6. The van der Waals surface area contributed by atoms with Gasteiger partial charge in [-0.25, -0.2) is 9.48 Å². The van der Waals surface area contributed by atoms with Crippen molar-refractivity contribution in [3.05, 3.63) is 46.4 Å². The van der Waals surface area contributed by atoms with Gasteiger partial charge in [0.2, 0.25) is 0 Å². The van der Waals surface area contributed by atoms with Crippen LogP contribution in [0.1, 0.15) is 35.6 Å². The van der Waals surface area contributed by atoms with Crippen LogP contribution in [-0.2, 0) is 19.5 Å². The summed E-state index contributed by atoms with van der Waals surface area (Å²) in [5.74, 6) is 0.921. The van der Waals surface area contributed by atoms with Crippen molar-refractivity contribution in [2.45, 2.75) is 38.8 Å². The zero-order valence-corrected chi connectivity index (χ0v) is 15.6. The average Bonchev–Trinajstić information content (AvgIpc) is 2.88. The van der Waals surface area contributed by atoms with Crippen LogP contribution in [-0.4, -0.2) is 67.8 Å². The topological polar surface area (TPSA) is 76.3 Å². The predicted molar refractivity (Wildman–Crippen MR) is 101 cm³/mol. The molecule has 2 aromatic rings. The highest BCUT2D eigenvalue weighted by Gasteiger charge is 2.22. The van der Waals surface area contributed by atoms with Gasteiger partial charge in [-0.3, -0.25) is 19.2 Å². The molecule has 0 aromatic carbocycles. The maximum absolute atomic E-state index is 12.6. The smallest absolute Gasteiger partial charge is 0.336 e. The molecule has 4 rings (SSSR count). The van der Waals surface area contributed by atoms with E-state index in [1.165, 1.54) is 0 Å². The molecule has 2 aliphatic rings. The van der Waals surface area contributed by atoms with E-state index in [2.05, 4.69) is 15.0 Å². The molecule has 2 aliphatic heterocycles. The quantitative estimate of drug-likeness (QED) is 0.789. The first kappa shape index (κ1) is 17.9. The van der Waals surface area contributed by atoms with E-state index in [4.69, 9.17) is 0 Å². The molecule has 1 amide bonds. The average molecular weight is 370 g/mol. The Morgan fingerprint density at radius 1 is 1.00 bits per heavy atom. The summed E-state index contributed by atoms with van der Waals surface area (Å²) in [6, 6.07) is 5.42. The third kappa shape index (κ3) is 3.95. The molecule has 0 spiro atoms. The third-order valence-electron chi connectivity index (χ3n) is 5.42. The van der Waals surface area contributed by atoms with Gasteiger partial charge in [0.05, 0.1) is 6.54 Å². The molecule has 8 nitrogen and oxygen atoms in total. The molecule has 0 aliphatic carbocycles. The maximum Gasteiger partial charge on any atom is 0.345 e. The first-order valence-electron chi connectivity index (χ1n) is 9.81. The van der Waals surface area contributed by atoms with Crippen LogP contribution in [0.3, 0.4) is 0 Å². The van der Waals surface area contributed by atoms with Gasteiger partial charge in [0.15, 0.2) is 0 Å². The van der Waals surface area contributed by atoms with E-state index in [9.17, 15) is 9.59 Å². The van der Waals surface area contributed by atoms with Gasteiger partial charge in [-0.1, -0.05) is 6.07 Å². The summed E-state index contributed by atoms with van der Waals surface area (Å²) in [5, 5.41) is 4.51. The first-order chi connectivity index (χ1) is 13.2. The van der Waals surface area contributed by atoms with Crippen LogP contribution in [0, 0.1) is 0 Å². The Morgan fingerprint density at radius 2 is 1.93 bits per heavy atom. The van der Waals surface area contributed by atoms with Crippen LogP contribution in [0.5, 0.6) is 0 Å². The Hall–Kier alpha value is -2.48. The monoisotopic (exact) mass is 370 g/mol. The summed E-state index contributed by atoms with van der Waals surface area (Å²) in [5.41, 5.74) is 0.521. The molecular formula is C19H26N6O2. The lowest BCUT2D eigenvalue weighted by atomic mass is 10.2. The molecule has 0 bridgehead atoms. The van der Waals surface area contributed by atoms with Gasteiger partial charge in [0.25, 0.3) is 5.91 Å². The van der Waals surface area contributed by atoms with E-state index in [0.29, 0.717) is 18.8 Å². The number of aromatic nitrogens is 4. The Balaban J connectivity index is 1.33. The van der Waals surface area contributed by atoms with E-state index in [1.54, 1.807) is 16.9 Å². The van der Waals surface area contributed by atoms with Gasteiger partial charge in [0, 0.05) is 45.3 Å². The van der Waals surface area contributed by atoms with Gasteiger partial charge in [0.1, 0.15) is 11.5 Å². The van der Waals surface area contributed by atoms with Gasteiger partial charge in [-0.15, -0.1) is 0 Å². The standard InChI is InChI=1S/C19H26N6O2/c26-18(16-6-1-3-8-20-16)23-10-5-9-22(12-14-23)13-15-25-19(27)24-11-4-2-7-17(24)21-25/h1,3,6,8H,2,4-5,7,9-15H2. The molecule has 0 atom stereocenters. The Morgan fingerprint density at radius 3 is 2.74 bits per heavy atom. The van der Waals surface area contributed by atoms with E-state index >= 15 is 0 Å². The molecule has 27 heavy (non-hydrogen) atoms. The largest absolute Gasteiger partial charge is 0.345 e. The summed E-state index contributed by atoms with van der Waals surface area (Å²) in [4.78, 5) is 33.4. The molecule has 1 fully saturated rings. The van der Waals surface area contributed by atoms with Crippen LogP contribution in [0.2, 0.25) is 0 Å². The zero-order valence-electron chi connectivity index (χ0n) is 15.6. The van der Waals surface area contributed by atoms with Crippen molar-refractivity contribution >= 4 is 5.91 Å². The second-order valence-electron chi connectivity index (χ2n) is 7.23. The molecule has 2 aromatic heterocycles. The number of aryl methyl sites for hydroxylation is 1. The third-order valence-corrected chi connectivity index (χ3v) is 5.42. The van der Waals surface area contributed by atoms with Crippen LogP contribution in [0.15, 0.2) is 29.2 Å². The Kier molecular flexibility index (Phi) is 5.33. The molecule has 0 unspecified atom stereocenters. The molecule has 8 heteroatoms. The van der Waals surface area contributed by atoms with E-state index in [0.717, 1.165) is 64.2 Å². The molecule has 0 N–H and O–H groups in total. The molecular weight excluding hydrogens is 344 g/mol. The van der Waals surface area contributed by atoms with E-state index in [1.807, 2.05) is 21.6 Å². The normalized spacial score (nSPS) is 18.1. The van der Waals surface area contributed by atoms with Gasteiger partial charge in [-0.2, -0.15) is 5.10 Å². The lowest BCUT2D eigenvalue weighted by Crippen LogP contribution is -2.37. The second-order valence-corrected chi connectivity index (χ2v) is 7.23. The maximum atomic E-state index is 12.6. The number of pyridine rings is 1. The number of carbonyl (C=O) groups is 1. The van der Waals surface area contributed by atoms with Crippen molar-refractivity contribution in [1.82, 2.24) is 29.1 Å². The molecule has 0 radical (unpaired) electrons. The summed E-state index contributed by atoms with van der Waals surface area (Å²) in [6.45, 7) is 5.33. The van der Waals surface area contributed by atoms with Crippen molar-refractivity contribution in [3.63, 3.8) is 0 Å². The van der Waals surface area contributed by atoms with Crippen molar-refractivity contribution < 1.29 is 4.79 Å². The van der Waals surface area contributed by atoms with Gasteiger partial charge in [-0.05, 0) is 37.9 Å². The SMILES string of the molecule is O=C(c1ccccn1)N1CCCN(CCn2nc3n(c2=O)CCCC3)CC1. The lowest BCUT2D eigenvalue weighted by Gasteiger charge is -2.21. The highest BCUT2D eigenvalue weighted by Crippen LogP contribution is 2.10. The number of fused-ring (bicyclic) bond motifs is 1. The molecule has 1 saturated heterocycles. The number of rotatable bonds is 4. The fraction of sp³-hybridized carbons (Fsp3) is 0.579. The van der Waals surface area contributed by atoms with Gasteiger partial charge >= 0.3 is 5.69 Å². The minimum Gasteiger partial charge on any atom is -0.336 e. The summed E-state index contributed by atoms with van der Waals surface area (Å²) >= 11 is 0. The summed E-state index contributed by atoms with van der Waals surface area (Å²) in [7, 11) is 0. The number of amides is 1. The fourth-order valence-corrected chi connectivity index (χ4v) is 3.88. The minimum atomic E-state index is -0.00422. The van der Waals surface area contributed by atoms with E-state index in [-0.39, 0.29) is 11.6 Å². The Labute approximate surface area is 158 Å². The molecule has 4 heterocycles. The number of hydrogen-bond donors (Lipinski definition) is 0. The van der Waals surface area contributed by atoms with Crippen LogP contribution < -0.4 is 5.69 Å². The van der Waals surface area contributed by atoms with E-state index < -0.39 is 0 Å². The molecule has 144 valence electrons. The fourth-order valence-electron chi connectivity index (χ4n) is 3.88. The zero-order chi connectivity index (χ0) is 18.6. The lowest BCUT2D eigenvalue weighted by molar-refractivity contribution is 0.0755. The first-order valence-corrected chi connectivity index (χ1v) is 9.81. The van der Waals surface area contributed by atoms with Crippen LogP contribution >= 0.6 is 0 Å². The van der Waals surface area contributed by atoms with Gasteiger partial charge < -0.3 is 4.90 Å². The molecule has 0 saturated carbocycles. The Bertz CT molecular complexity index is 844. The van der Waals surface area contributed by atoms with Crippen molar-refractivity contribution in [1.29, 1.82) is 0 Å². The number of carbonyl (C=O) groups excluding carboxylic acids is 1. The van der Waals surface area contributed by atoms with Crippen LogP contribution in [0.25, 0.3) is 0 Å². The van der Waals surface area contributed by atoms with Crippen molar-refractivity contribution in [3.8, 4) is 0 Å². The number of hydrogen-bond acceptors (Lipinski definition) is 5. The highest BCUT2D eigenvalue weighted by molar-refractivity contribution is 5.92. The minimum absolute atomic E-state index is 0.00422. The predicted octanol–water partition coefficient (Wildman–Crippen LogP) is 0.624. The summed E-state index contributed by atoms with van der Waals surface area (Å²) < 4.78 is 3.43. The van der Waals surface area contributed by atoms with Crippen LogP contribution in [0.4, 0.5) is 0 Å². The van der Waals surface area contributed by atoms with Crippen molar-refractivity contribution in [2.24, 2.45) is 0 Å². The second kappa shape index (κ2) is 8.04. The van der Waals surface area contributed by atoms with Crippen molar-refractivity contribution in [2.75, 3.05) is 32.7 Å². The highest BCUT2D eigenvalue weighted by atomic mass is 16.2. The summed E-state index contributed by atoms with van der Waals surface area (Å²) in [6.07, 6.45) is 5.65.